The summed E-state index contributed by atoms with van der Waals surface area (Å²) in [6.07, 6.45) is 4.53. The van der Waals surface area contributed by atoms with E-state index in [-0.39, 0.29) is 11.7 Å². The summed E-state index contributed by atoms with van der Waals surface area (Å²) in [5.74, 6) is 0.785. The third-order valence-corrected chi connectivity index (χ3v) is 4.47. The molecule has 0 N–H and O–H groups in total. The summed E-state index contributed by atoms with van der Waals surface area (Å²) >= 11 is 0. The molecule has 1 aliphatic carbocycles. The van der Waals surface area contributed by atoms with Crippen molar-refractivity contribution in [2.75, 3.05) is 12.4 Å². The summed E-state index contributed by atoms with van der Waals surface area (Å²) in [4.78, 5) is 0. The molecule has 1 rings (SSSR count). The summed E-state index contributed by atoms with van der Waals surface area (Å²) in [5.41, 5.74) is 0. The Morgan fingerprint density at radius 3 is 2.56 bits per heavy atom. The Labute approximate surface area is 103 Å². The minimum Gasteiger partial charge on any atom is -0.378 e. The van der Waals surface area contributed by atoms with Crippen LogP contribution in [0, 0.1) is 11.8 Å². The van der Waals surface area contributed by atoms with Crippen LogP contribution >= 0.6 is 10.7 Å². The van der Waals surface area contributed by atoms with Crippen molar-refractivity contribution in [3.63, 3.8) is 0 Å². The van der Waals surface area contributed by atoms with E-state index in [0.717, 1.165) is 25.2 Å². The molecule has 0 aromatic carbocycles. The summed E-state index contributed by atoms with van der Waals surface area (Å²) in [5, 5.41) is 0. The topological polar surface area (TPSA) is 43.4 Å². The molecule has 0 saturated heterocycles. The zero-order valence-electron chi connectivity index (χ0n) is 9.99. The van der Waals surface area contributed by atoms with Crippen molar-refractivity contribution < 1.29 is 13.2 Å². The molecule has 0 aromatic rings. The zero-order valence-corrected chi connectivity index (χ0v) is 11.6. The van der Waals surface area contributed by atoms with Crippen LogP contribution in [-0.2, 0) is 13.8 Å². The Kier molecular flexibility index (Phi) is 5.54. The first-order chi connectivity index (χ1) is 7.40. The maximum atomic E-state index is 11.0. The van der Waals surface area contributed by atoms with Crippen LogP contribution in [-0.4, -0.2) is 26.9 Å². The van der Waals surface area contributed by atoms with Gasteiger partial charge in [0.25, 0.3) is 0 Å². The van der Waals surface area contributed by atoms with E-state index >= 15 is 0 Å². The molecule has 96 valence electrons. The number of hydrogen-bond acceptors (Lipinski definition) is 3. The molecule has 1 fully saturated rings. The van der Waals surface area contributed by atoms with Crippen molar-refractivity contribution >= 4 is 19.7 Å². The zero-order chi connectivity index (χ0) is 12.2. The standard InChI is InChI=1S/C11H21ClO3S/c1-3-10(8-16(12,13)14)7-15-11-5-4-9(2)6-11/h9-11H,3-8H2,1-2H3. The predicted octanol–water partition coefficient (Wildman–Crippen LogP) is 2.79. The smallest absolute Gasteiger partial charge is 0.232 e. The van der Waals surface area contributed by atoms with Crippen LogP contribution in [0.5, 0.6) is 0 Å². The van der Waals surface area contributed by atoms with Gasteiger partial charge in [0, 0.05) is 10.7 Å². The molecule has 1 saturated carbocycles. The lowest BCUT2D eigenvalue weighted by Gasteiger charge is -2.17. The molecule has 0 amide bonds. The van der Waals surface area contributed by atoms with Crippen LogP contribution in [0.25, 0.3) is 0 Å². The lowest BCUT2D eigenvalue weighted by molar-refractivity contribution is 0.0351. The number of hydrogen-bond donors (Lipinski definition) is 0. The Bertz CT molecular complexity index is 302. The van der Waals surface area contributed by atoms with Crippen LogP contribution in [0.1, 0.15) is 39.5 Å². The van der Waals surface area contributed by atoms with Gasteiger partial charge in [0.2, 0.25) is 9.05 Å². The Balaban J connectivity index is 2.29. The van der Waals surface area contributed by atoms with Gasteiger partial charge in [-0.15, -0.1) is 0 Å². The quantitative estimate of drug-likeness (QED) is 0.696. The predicted molar refractivity (Wildman–Crippen MR) is 66.2 cm³/mol. The van der Waals surface area contributed by atoms with Gasteiger partial charge >= 0.3 is 0 Å². The second kappa shape index (κ2) is 6.22. The summed E-state index contributed by atoms with van der Waals surface area (Å²) < 4.78 is 27.7. The van der Waals surface area contributed by atoms with Crippen LogP contribution < -0.4 is 0 Å². The first kappa shape index (κ1) is 14.3. The lowest BCUT2D eigenvalue weighted by atomic mass is 10.1. The van der Waals surface area contributed by atoms with Crippen LogP contribution in [0.4, 0.5) is 0 Å². The fourth-order valence-electron chi connectivity index (χ4n) is 2.14. The molecule has 5 heteroatoms. The van der Waals surface area contributed by atoms with Gasteiger partial charge in [-0.2, -0.15) is 0 Å². The van der Waals surface area contributed by atoms with Crippen molar-refractivity contribution in [3.05, 3.63) is 0 Å². The highest BCUT2D eigenvalue weighted by molar-refractivity contribution is 8.13. The molecule has 0 spiro atoms. The molecular weight excluding hydrogens is 248 g/mol. The molecule has 3 unspecified atom stereocenters. The molecule has 3 atom stereocenters. The van der Waals surface area contributed by atoms with Crippen molar-refractivity contribution in [2.45, 2.75) is 45.6 Å². The van der Waals surface area contributed by atoms with Crippen LogP contribution in [0.15, 0.2) is 0 Å². The summed E-state index contributed by atoms with van der Waals surface area (Å²) in [7, 11) is 1.84. The van der Waals surface area contributed by atoms with E-state index in [1.807, 2.05) is 6.92 Å². The molecule has 1 aliphatic rings. The molecule has 0 bridgehead atoms. The van der Waals surface area contributed by atoms with E-state index in [1.165, 1.54) is 6.42 Å². The average Bonchev–Trinajstić information content (AvgIpc) is 2.57. The largest absolute Gasteiger partial charge is 0.378 e. The van der Waals surface area contributed by atoms with Gasteiger partial charge in [-0.1, -0.05) is 20.3 Å². The van der Waals surface area contributed by atoms with Gasteiger partial charge in [0.1, 0.15) is 0 Å². The lowest BCUT2D eigenvalue weighted by Crippen LogP contribution is -2.21. The van der Waals surface area contributed by atoms with Gasteiger partial charge in [-0.05, 0) is 31.1 Å². The van der Waals surface area contributed by atoms with Crippen molar-refractivity contribution in [1.29, 1.82) is 0 Å². The van der Waals surface area contributed by atoms with E-state index in [2.05, 4.69) is 6.92 Å². The average molecular weight is 269 g/mol. The SMILES string of the molecule is CCC(COC1CCC(C)C1)CS(=O)(=O)Cl. The normalized spacial score (nSPS) is 28.2. The third kappa shape index (κ3) is 5.51. The minimum atomic E-state index is -3.40. The maximum Gasteiger partial charge on any atom is 0.232 e. The van der Waals surface area contributed by atoms with Crippen molar-refractivity contribution in [2.24, 2.45) is 11.8 Å². The number of halogens is 1. The molecule has 3 nitrogen and oxygen atoms in total. The Morgan fingerprint density at radius 2 is 2.12 bits per heavy atom. The monoisotopic (exact) mass is 268 g/mol. The number of rotatable bonds is 6. The summed E-state index contributed by atoms with van der Waals surface area (Å²) in [6.45, 7) is 4.71. The fourth-order valence-corrected chi connectivity index (χ4v) is 3.57. The fraction of sp³-hybridized carbons (Fsp3) is 1.00. The molecule has 0 radical (unpaired) electrons. The van der Waals surface area contributed by atoms with Gasteiger partial charge < -0.3 is 4.74 Å². The van der Waals surface area contributed by atoms with Gasteiger partial charge in [-0.3, -0.25) is 0 Å². The van der Waals surface area contributed by atoms with Crippen LogP contribution in [0.2, 0.25) is 0 Å². The molecule has 16 heavy (non-hydrogen) atoms. The highest BCUT2D eigenvalue weighted by atomic mass is 35.7. The highest BCUT2D eigenvalue weighted by Gasteiger charge is 2.23. The van der Waals surface area contributed by atoms with Crippen molar-refractivity contribution in [1.82, 2.24) is 0 Å². The van der Waals surface area contributed by atoms with Gasteiger partial charge in [0.05, 0.1) is 18.5 Å². The van der Waals surface area contributed by atoms with Crippen molar-refractivity contribution in [3.8, 4) is 0 Å². The van der Waals surface area contributed by atoms with E-state index in [4.69, 9.17) is 15.4 Å². The minimum absolute atomic E-state index is 0.0212. The van der Waals surface area contributed by atoms with E-state index in [0.29, 0.717) is 12.7 Å². The second-order valence-corrected chi connectivity index (χ2v) is 7.67. The first-order valence-corrected chi connectivity index (χ1v) is 8.42. The van der Waals surface area contributed by atoms with Crippen LogP contribution in [0.3, 0.4) is 0 Å². The molecule has 0 aliphatic heterocycles. The van der Waals surface area contributed by atoms with Gasteiger partial charge in [-0.25, -0.2) is 8.42 Å². The van der Waals surface area contributed by atoms with Gasteiger partial charge in [0.15, 0.2) is 0 Å². The Morgan fingerprint density at radius 1 is 1.44 bits per heavy atom. The van der Waals surface area contributed by atoms with E-state index < -0.39 is 9.05 Å². The first-order valence-electron chi connectivity index (χ1n) is 5.94. The Hall–Kier alpha value is 0.200. The second-order valence-electron chi connectivity index (χ2n) is 4.85. The highest BCUT2D eigenvalue weighted by Crippen LogP contribution is 2.27. The summed E-state index contributed by atoms with van der Waals surface area (Å²) in [6, 6.07) is 0. The maximum absolute atomic E-state index is 11.0. The molecular formula is C11H21ClO3S. The van der Waals surface area contributed by atoms with E-state index in [9.17, 15) is 8.42 Å². The van der Waals surface area contributed by atoms with E-state index in [1.54, 1.807) is 0 Å². The molecule has 0 aromatic heterocycles. The number of ether oxygens (including phenoxy) is 1. The molecule has 0 heterocycles. The third-order valence-electron chi connectivity index (χ3n) is 3.23.